The molecular weight excluding hydrogens is 703 g/mol. The molecule has 0 atom stereocenters. The van der Waals surface area contributed by atoms with E-state index in [-0.39, 0.29) is 0 Å². The molecular formula is C51H29N3OS. The van der Waals surface area contributed by atoms with Gasteiger partial charge in [-0.1, -0.05) is 140 Å². The summed E-state index contributed by atoms with van der Waals surface area (Å²) in [5, 5.41) is 12.0. The fourth-order valence-corrected chi connectivity index (χ4v) is 9.64. The minimum atomic E-state index is 0.598. The molecule has 56 heavy (non-hydrogen) atoms. The molecule has 0 N–H and O–H groups in total. The van der Waals surface area contributed by atoms with Crippen LogP contribution >= 0.6 is 11.3 Å². The number of fused-ring (bicyclic) bond motifs is 12. The Kier molecular flexibility index (Phi) is 6.76. The third kappa shape index (κ3) is 4.81. The summed E-state index contributed by atoms with van der Waals surface area (Å²) in [6.45, 7) is 0. The van der Waals surface area contributed by atoms with Crippen molar-refractivity contribution >= 4 is 85.8 Å². The molecule has 0 amide bonds. The summed E-state index contributed by atoms with van der Waals surface area (Å²) < 4.78 is 9.10. The highest BCUT2D eigenvalue weighted by atomic mass is 32.1. The van der Waals surface area contributed by atoms with E-state index in [2.05, 4.69) is 146 Å². The first-order valence-corrected chi connectivity index (χ1v) is 19.6. The van der Waals surface area contributed by atoms with Crippen molar-refractivity contribution in [1.82, 2.24) is 15.0 Å². The molecule has 0 saturated carbocycles. The second-order valence-electron chi connectivity index (χ2n) is 14.3. The first-order chi connectivity index (χ1) is 27.7. The van der Waals surface area contributed by atoms with Gasteiger partial charge in [0.1, 0.15) is 11.2 Å². The van der Waals surface area contributed by atoms with Crippen molar-refractivity contribution in [1.29, 1.82) is 0 Å². The van der Waals surface area contributed by atoms with E-state index in [9.17, 15) is 0 Å². The predicted molar refractivity (Wildman–Crippen MR) is 234 cm³/mol. The first-order valence-electron chi connectivity index (χ1n) is 18.8. The lowest BCUT2D eigenvalue weighted by atomic mass is 9.91. The van der Waals surface area contributed by atoms with Crippen LogP contribution in [0.2, 0.25) is 0 Å². The van der Waals surface area contributed by atoms with Crippen LogP contribution in [-0.4, -0.2) is 15.0 Å². The van der Waals surface area contributed by atoms with Gasteiger partial charge < -0.3 is 4.42 Å². The second kappa shape index (κ2) is 12.2. The summed E-state index contributed by atoms with van der Waals surface area (Å²) in [7, 11) is 0. The van der Waals surface area contributed by atoms with Crippen LogP contribution < -0.4 is 0 Å². The topological polar surface area (TPSA) is 51.8 Å². The molecule has 0 aliphatic heterocycles. The fourth-order valence-electron chi connectivity index (χ4n) is 8.49. The third-order valence-corrected chi connectivity index (χ3v) is 12.2. The van der Waals surface area contributed by atoms with Gasteiger partial charge in [-0.2, -0.15) is 0 Å². The van der Waals surface area contributed by atoms with Gasteiger partial charge in [0.2, 0.25) is 0 Å². The first kappa shape index (κ1) is 31.2. The Labute approximate surface area is 325 Å². The third-order valence-electron chi connectivity index (χ3n) is 11.1. The quantitative estimate of drug-likeness (QED) is 0.169. The summed E-state index contributed by atoms with van der Waals surface area (Å²) >= 11 is 1.79. The van der Waals surface area contributed by atoms with Crippen molar-refractivity contribution in [2.75, 3.05) is 0 Å². The Hall–Kier alpha value is -7.21. The highest BCUT2D eigenvalue weighted by molar-refractivity contribution is 7.25. The van der Waals surface area contributed by atoms with Gasteiger partial charge in [-0.15, -0.1) is 11.3 Å². The van der Waals surface area contributed by atoms with Gasteiger partial charge in [-0.25, -0.2) is 15.0 Å². The van der Waals surface area contributed by atoms with Gasteiger partial charge in [0.15, 0.2) is 17.5 Å². The highest BCUT2D eigenvalue weighted by Crippen LogP contribution is 2.43. The zero-order valence-electron chi connectivity index (χ0n) is 29.9. The molecule has 0 fully saturated rings. The van der Waals surface area contributed by atoms with Gasteiger partial charge in [0.05, 0.1) is 0 Å². The Bertz CT molecular complexity index is 3510. The van der Waals surface area contributed by atoms with Crippen LogP contribution in [0.25, 0.3) is 120 Å². The van der Waals surface area contributed by atoms with E-state index in [1.165, 1.54) is 52.5 Å². The van der Waals surface area contributed by atoms with Gasteiger partial charge in [0, 0.05) is 47.6 Å². The van der Waals surface area contributed by atoms with Crippen LogP contribution in [0, 0.1) is 0 Å². The molecule has 3 heterocycles. The van der Waals surface area contributed by atoms with E-state index in [1.807, 2.05) is 30.3 Å². The molecule has 5 heteroatoms. The maximum absolute atomic E-state index is 6.63. The lowest BCUT2D eigenvalue weighted by Gasteiger charge is -2.13. The van der Waals surface area contributed by atoms with Crippen molar-refractivity contribution in [3.63, 3.8) is 0 Å². The lowest BCUT2D eigenvalue weighted by molar-refractivity contribution is 0.669. The summed E-state index contributed by atoms with van der Waals surface area (Å²) in [5.41, 5.74) is 6.51. The lowest BCUT2D eigenvalue weighted by Crippen LogP contribution is -2.00. The number of nitrogens with zero attached hydrogens (tertiary/aromatic N) is 3. The Morgan fingerprint density at radius 3 is 1.64 bits per heavy atom. The molecule has 4 nitrogen and oxygen atoms in total. The maximum atomic E-state index is 6.63. The van der Waals surface area contributed by atoms with Crippen molar-refractivity contribution in [2.24, 2.45) is 0 Å². The van der Waals surface area contributed by atoms with Crippen molar-refractivity contribution in [3.8, 4) is 45.3 Å². The fraction of sp³-hybridized carbons (Fsp3) is 0. The van der Waals surface area contributed by atoms with E-state index in [0.717, 1.165) is 49.8 Å². The molecule has 0 radical (unpaired) electrons. The second-order valence-corrected chi connectivity index (χ2v) is 15.4. The number of para-hydroxylation sites is 1. The molecule has 260 valence electrons. The van der Waals surface area contributed by atoms with E-state index in [1.54, 1.807) is 11.3 Å². The van der Waals surface area contributed by atoms with Crippen LogP contribution in [0.3, 0.4) is 0 Å². The molecule has 3 aromatic heterocycles. The number of thiophene rings is 1. The highest BCUT2D eigenvalue weighted by Gasteiger charge is 2.21. The number of aromatic nitrogens is 3. The molecule has 0 unspecified atom stereocenters. The zero-order chi connectivity index (χ0) is 36.7. The number of benzene rings is 9. The molecule has 0 bridgehead atoms. The van der Waals surface area contributed by atoms with Crippen LogP contribution in [0.1, 0.15) is 0 Å². The van der Waals surface area contributed by atoms with E-state index in [0.29, 0.717) is 17.5 Å². The molecule has 0 aliphatic carbocycles. The number of hydrogen-bond donors (Lipinski definition) is 0. The monoisotopic (exact) mass is 731 g/mol. The smallest absolute Gasteiger partial charge is 0.164 e. The minimum Gasteiger partial charge on any atom is -0.456 e. The Morgan fingerprint density at radius 1 is 0.321 bits per heavy atom. The van der Waals surface area contributed by atoms with Gasteiger partial charge >= 0.3 is 0 Å². The number of furan rings is 1. The summed E-state index contributed by atoms with van der Waals surface area (Å²) in [6, 6.07) is 62.1. The minimum absolute atomic E-state index is 0.598. The normalized spacial score (nSPS) is 11.9. The van der Waals surface area contributed by atoms with Crippen LogP contribution in [0.5, 0.6) is 0 Å². The molecule has 0 aliphatic rings. The van der Waals surface area contributed by atoms with E-state index >= 15 is 0 Å². The summed E-state index contributed by atoms with van der Waals surface area (Å²) in [4.78, 5) is 15.6. The Balaban J connectivity index is 1.12. The van der Waals surface area contributed by atoms with Crippen LogP contribution in [0.15, 0.2) is 180 Å². The predicted octanol–water partition coefficient (Wildman–Crippen LogP) is 14.3. The van der Waals surface area contributed by atoms with Crippen molar-refractivity contribution in [2.45, 2.75) is 0 Å². The SMILES string of the molecule is c1ccc(-c2nc(-c3ccc4c(c3)sc3ccccc34)nc(-c3cc(-c4ccc5c6ccccc6c6ccccc6c5c4)cc4oc5ccccc5c34)n2)cc1. The van der Waals surface area contributed by atoms with Gasteiger partial charge in [-0.3, -0.25) is 0 Å². The molecule has 12 aromatic rings. The van der Waals surface area contributed by atoms with Crippen LogP contribution in [-0.2, 0) is 0 Å². The number of rotatable bonds is 4. The summed E-state index contributed by atoms with van der Waals surface area (Å²) in [5.74, 6) is 1.85. The van der Waals surface area contributed by atoms with Gasteiger partial charge in [0.25, 0.3) is 0 Å². The zero-order valence-corrected chi connectivity index (χ0v) is 30.7. The molecule has 0 saturated heterocycles. The summed E-state index contributed by atoms with van der Waals surface area (Å²) in [6.07, 6.45) is 0. The average Bonchev–Trinajstić information content (AvgIpc) is 3.84. The largest absolute Gasteiger partial charge is 0.456 e. The number of hydrogen-bond acceptors (Lipinski definition) is 5. The van der Waals surface area contributed by atoms with Crippen LogP contribution in [0.4, 0.5) is 0 Å². The van der Waals surface area contributed by atoms with E-state index < -0.39 is 0 Å². The van der Waals surface area contributed by atoms with Gasteiger partial charge in [-0.05, 0) is 79.8 Å². The molecule has 9 aromatic carbocycles. The van der Waals surface area contributed by atoms with Crippen molar-refractivity contribution < 1.29 is 4.42 Å². The molecule has 0 spiro atoms. The Morgan fingerprint density at radius 2 is 0.875 bits per heavy atom. The maximum Gasteiger partial charge on any atom is 0.164 e. The van der Waals surface area contributed by atoms with E-state index in [4.69, 9.17) is 19.4 Å². The average molecular weight is 732 g/mol. The molecule has 12 rings (SSSR count). The standard InChI is InChI=1S/C51H29N3OS/c1-2-12-30(13-3-1)49-52-50(32-23-25-40-39-18-9-11-21-46(39)56-47(40)29-32)54-51(53-49)43-27-33(28-45-48(43)41-19-8-10-20-44(41)55-45)31-22-24-38-36-16-5-4-14-34(36)35-15-6-7-17-37(35)42(38)26-31/h1-29H. The van der Waals surface area contributed by atoms with Crippen molar-refractivity contribution in [3.05, 3.63) is 176 Å².